The summed E-state index contributed by atoms with van der Waals surface area (Å²) >= 11 is 12.1. The first kappa shape index (κ1) is 20.4. The Morgan fingerprint density at radius 1 is 1.28 bits per heavy atom. The van der Waals surface area contributed by atoms with Crippen molar-refractivity contribution in [3.05, 3.63) is 34.2 Å². The van der Waals surface area contributed by atoms with E-state index in [1.165, 1.54) is 0 Å². The predicted octanol–water partition coefficient (Wildman–Crippen LogP) is 2.88. The molecule has 2 heterocycles. The first-order chi connectivity index (χ1) is 11.8. The molecule has 1 unspecified atom stereocenters. The summed E-state index contributed by atoms with van der Waals surface area (Å²) in [6.45, 7) is 6.30. The molecule has 0 bridgehead atoms. The lowest BCUT2D eigenvalue weighted by Gasteiger charge is -2.19. The zero-order chi connectivity index (χ0) is 18.4. The topological polar surface area (TPSA) is 59.2 Å². The highest BCUT2D eigenvalue weighted by molar-refractivity contribution is 6.36. The van der Waals surface area contributed by atoms with Crippen molar-refractivity contribution >= 4 is 28.8 Å². The molecule has 0 radical (unpaired) electrons. The lowest BCUT2D eigenvalue weighted by Crippen LogP contribution is -2.32. The van der Waals surface area contributed by atoms with E-state index in [4.69, 9.17) is 32.7 Å². The molecular weight excluding hydrogens is 365 g/mol. The maximum atomic E-state index is 10.1. The first-order valence-corrected chi connectivity index (χ1v) is 8.99. The maximum absolute atomic E-state index is 10.1. The number of ether oxygens (including phenoxy) is 2. The lowest BCUT2D eigenvalue weighted by molar-refractivity contribution is -0.0174. The first-order valence-electron chi connectivity index (χ1n) is 8.23. The third-order valence-electron chi connectivity index (χ3n) is 3.47. The van der Waals surface area contributed by atoms with Crippen LogP contribution in [0.5, 0.6) is 0 Å². The van der Waals surface area contributed by atoms with Crippen LogP contribution in [0.4, 0.5) is 0 Å². The fraction of sp³-hybridized carbons (Fsp3) is 0.588. The Morgan fingerprint density at radius 3 is 2.76 bits per heavy atom. The summed E-state index contributed by atoms with van der Waals surface area (Å²) in [4.78, 5) is 6.49. The van der Waals surface area contributed by atoms with E-state index in [-0.39, 0.29) is 12.7 Å². The minimum atomic E-state index is -0.570. The van der Waals surface area contributed by atoms with E-state index in [2.05, 4.69) is 4.98 Å². The summed E-state index contributed by atoms with van der Waals surface area (Å²) in [5, 5.41) is 11.1. The molecule has 0 saturated carbocycles. The van der Waals surface area contributed by atoms with Crippen LogP contribution in [0.2, 0.25) is 10.0 Å². The van der Waals surface area contributed by atoms with Gasteiger partial charge in [0, 0.05) is 25.5 Å². The number of likely N-dealkylation sites (N-methyl/N-ethyl adjacent to an activating group) is 1. The Labute approximate surface area is 158 Å². The minimum absolute atomic E-state index is 0.188. The fourth-order valence-corrected chi connectivity index (χ4v) is 2.99. The number of aliphatic hydroxyl groups excluding tert-OH is 1. The van der Waals surface area contributed by atoms with Crippen LogP contribution >= 0.6 is 23.2 Å². The van der Waals surface area contributed by atoms with Crippen LogP contribution in [0.1, 0.15) is 19.5 Å². The smallest absolute Gasteiger partial charge is 0.156 e. The Balaban J connectivity index is 1.78. The molecule has 2 rings (SSSR count). The fourth-order valence-electron chi connectivity index (χ4n) is 2.47. The van der Waals surface area contributed by atoms with Gasteiger partial charge in [0.2, 0.25) is 0 Å². The highest BCUT2D eigenvalue weighted by atomic mass is 35.5. The SMILES string of the molecule is CC(C)OCCOCC(O)CN(C)Cc1cn2cc(Cl)cc(Cl)c2n1. The van der Waals surface area contributed by atoms with Crippen LogP contribution in [0.25, 0.3) is 5.65 Å². The summed E-state index contributed by atoms with van der Waals surface area (Å²) < 4.78 is 12.6. The zero-order valence-electron chi connectivity index (χ0n) is 14.8. The van der Waals surface area contributed by atoms with Gasteiger partial charge >= 0.3 is 0 Å². The van der Waals surface area contributed by atoms with Crippen molar-refractivity contribution in [2.75, 3.05) is 33.4 Å². The molecule has 0 aliphatic rings. The van der Waals surface area contributed by atoms with E-state index < -0.39 is 6.10 Å². The summed E-state index contributed by atoms with van der Waals surface area (Å²) in [6, 6.07) is 1.67. The standard InChI is InChI=1S/C17H25Cl2N3O3/c1-12(2)25-5-4-24-11-15(23)10-21(3)8-14-9-22-7-13(18)6-16(19)17(22)20-14/h6-7,9,12,15,23H,4-5,8,10-11H2,1-3H3. The molecule has 6 nitrogen and oxygen atoms in total. The van der Waals surface area contributed by atoms with Gasteiger partial charge in [0.15, 0.2) is 5.65 Å². The van der Waals surface area contributed by atoms with E-state index >= 15 is 0 Å². The van der Waals surface area contributed by atoms with E-state index in [0.717, 1.165) is 5.69 Å². The van der Waals surface area contributed by atoms with Crippen LogP contribution in [0.3, 0.4) is 0 Å². The van der Waals surface area contributed by atoms with Gasteiger partial charge in [-0.15, -0.1) is 0 Å². The molecular formula is C17H25Cl2N3O3. The van der Waals surface area contributed by atoms with Crippen molar-refractivity contribution in [1.29, 1.82) is 0 Å². The van der Waals surface area contributed by atoms with Crippen molar-refractivity contribution in [1.82, 2.24) is 14.3 Å². The highest BCUT2D eigenvalue weighted by Gasteiger charge is 2.12. The predicted molar refractivity (Wildman–Crippen MR) is 99.5 cm³/mol. The molecule has 25 heavy (non-hydrogen) atoms. The van der Waals surface area contributed by atoms with Crippen molar-refractivity contribution < 1.29 is 14.6 Å². The average molecular weight is 390 g/mol. The molecule has 0 fully saturated rings. The van der Waals surface area contributed by atoms with Gasteiger partial charge in [-0.25, -0.2) is 4.98 Å². The number of hydrogen-bond acceptors (Lipinski definition) is 5. The maximum Gasteiger partial charge on any atom is 0.156 e. The summed E-state index contributed by atoms with van der Waals surface area (Å²) in [5.74, 6) is 0. The van der Waals surface area contributed by atoms with Crippen LogP contribution < -0.4 is 0 Å². The molecule has 1 N–H and O–H groups in total. The number of imidazole rings is 1. The average Bonchev–Trinajstić information content (AvgIpc) is 2.88. The van der Waals surface area contributed by atoms with Crippen LogP contribution in [-0.2, 0) is 16.0 Å². The number of rotatable bonds is 10. The van der Waals surface area contributed by atoms with Gasteiger partial charge in [-0.05, 0) is 27.0 Å². The highest BCUT2D eigenvalue weighted by Crippen LogP contribution is 2.22. The number of halogens is 2. The normalized spacial score (nSPS) is 13.3. The summed E-state index contributed by atoms with van der Waals surface area (Å²) in [6.07, 6.45) is 3.27. The molecule has 0 aliphatic heterocycles. The van der Waals surface area contributed by atoms with Crippen LogP contribution in [-0.4, -0.2) is 65.0 Å². The largest absolute Gasteiger partial charge is 0.389 e. The Bertz CT molecular complexity index is 678. The Morgan fingerprint density at radius 2 is 2.04 bits per heavy atom. The van der Waals surface area contributed by atoms with Crippen molar-refractivity contribution in [2.24, 2.45) is 0 Å². The third-order valence-corrected chi connectivity index (χ3v) is 3.95. The van der Waals surface area contributed by atoms with Gasteiger partial charge in [-0.2, -0.15) is 0 Å². The minimum Gasteiger partial charge on any atom is -0.389 e. The molecule has 2 aromatic heterocycles. The van der Waals surface area contributed by atoms with Gasteiger partial charge in [-0.3, -0.25) is 4.90 Å². The lowest BCUT2D eigenvalue weighted by atomic mass is 10.3. The number of fused-ring (bicyclic) bond motifs is 1. The van der Waals surface area contributed by atoms with Crippen molar-refractivity contribution in [3.8, 4) is 0 Å². The van der Waals surface area contributed by atoms with E-state index in [1.54, 1.807) is 12.3 Å². The molecule has 2 aromatic rings. The second-order valence-corrected chi connectivity index (χ2v) is 7.16. The molecule has 0 spiro atoms. The van der Waals surface area contributed by atoms with Gasteiger partial charge in [0.25, 0.3) is 0 Å². The second-order valence-electron chi connectivity index (χ2n) is 6.31. The van der Waals surface area contributed by atoms with E-state index in [1.807, 2.05) is 36.4 Å². The number of pyridine rings is 1. The Hall–Kier alpha value is -0.890. The van der Waals surface area contributed by atoms with E-state index in [9.17, 15) is 5.11 Å². The molecule has 8 heteroatoms. The third kappa shape index (κ3) is 6.73. The molecule has 0 saturated heterocycles. The monoisotopic (exact) mass is 389 g/mol. The number of hydrogen-bond donors (Lipinski definition) is 1. The quantitative estimate of drug-likeness (QED) is 0.633. The van der Waals surface area contributed by atoms with Gasteiger partial charge in [0.05, 0.1) is 47.8 Å². The number of aromatic nitrogens is 2. The second kappa shape index (κ2) is 9.71. The van der Waals surface area contributed by atoms with Gasteiger partial charge < -0.3 is 19.0 Å². The van der Waals surface area contributed by atoms with Gasteiger partial charge in [0.1, 0.15) is 0 Å². The number of aliphatic hydroxyl groups is 1. The van der Waals surface area contributed by atoms with Crippen LogP contribution in [0.15, 0.2) is 18.5 Å². The van der Waals surface area contributed by atoms with Gasteiger partial charge in [-0.1, -0.05) is 23.2 Å². The number of nitrogens with zero attached hydrogens (tertiary/aromatic N) is 3. The van der Waals surface area contributed by atoms with E-state index in [0.29, 0.717) is 42.0 Å². The molecule has 0 aromatic carbocycles. The van der Waals surface area contributed by atoms with Crippen molar-refractivity contribution in [2.45, 2.75) is 32.6 Å². The molecule has 1 atom stereocenters. The Kier molecular flexibility index (Phi) is 7.93. The molecule has 0 aliphatic carbocycles. The zero-order valence-corrected chi connectivity index (χ0v) is 16.3. The molecule has 140 valence electrons. The van der Waals surface area contributed by atoms with Crippen LogP contribution in [0, 0.1) is 0 Å². The summed E-state index contributed by atoms with van der Waals surface area (Å²) in [5.41, 5.74) is 1.52. The van der Waals surface area contributed by atoms with Crippen molar-refractivity contribution in [3.63, 3.8) is 0 Å². The molecule has 0 amide bonds. The summed E-state index contributed by atoms with van der Waals surface area (Å²) in [7, 11) is 1.92.